The van der Waals surface area contributed by atoms with Gasteiger partial charge >= 0.3 is 5.97 Å². The second-order valence-electron chi connectivity index (χ2n) is 3.07. The fraction of sp³-hybridized carbons (Fsp3) is 0.500. The van der Waals surface area contributed by atoms with Crippen LogP contribution >= 0.6 is 0 Å². The van der Waals surface area contributed by atoms with Crippen molar-refractivity contribution in [2.45, 2.75) is 26.2 Å². The van der Waals surface area contributed by atoms with Gasteiger partial charge in [0, 0.05) is 6.42 Å². The van der Waals surface area contributed by atoms with Gasteiger partial charge in [0.1, 0.15) is 11.7 Å². The molecule has 3 nitrogen and oxygen atoms in total. The summed E-state index contributed by atoms with van der Waals surface area (Å²) in [6.45, 7) is 1.26. The minimum Gasteiger partial charge on any atom is -0.452 e. The number of unbranched alkanes of at least 4 members (excludes halogenated alkanes) is 1. The van der Waals surface area contributed by atoms with Crippen LogP contribution in [0.5, 0.6) is 0 Å². The molecule has 0 aromatic heterocycles. The van der Waals surface area contributed by atoms with Crippen LogP contribution in [0.15, 0.2) is 0 Å². The average Bonchev–Trinajstić information content (AvgIpc) is 2.20. The lowest BCUT2D eigenvalue weighted by molar-refractivity contribution is -0.150. The second kappa shape index (κ2) is 7.64. The Balaban J connectivity index is 4.16. The van der Waals surface area contributed by atoms with Gasteiger partial charge in [-0.1, -0.05) is 5.92 Å². The highest BCUT2D eigenvalue weighted by atomic mass is 16.5. The van der Waals surface area contributed by atoms with Gasteiger partial charge in [0.25, 0.3) is 0 Å². The quantitative estimate of drug-likeness (QED) is 0.283. The van der Waals surface area contributed by atoms with Gasteiger partial charge in [-0.25, -0.2) is 0 Å². The number of carbonyl (C=O) groups excluding carboxylic acids is 2. The highest BCUT2D eigenvalue weighted by Gasteiger charge is 2.23. The van der Waals surface area contributed by atoms with E-state index in [2.05, 4.69) is 11.8 Å². The number of hydrogen-bond acceptors (Lipinski definition) is 3. The molecule has 0 N–H and O–H groups in total. The van der Waals surface area contributed by atoms with Gasteiger partial charge in [0.15, 0.2) is 6.61 Å². The van der Waals surface area contributed by atoms with Crippen LogP contribution in [0.25, 0.3) is 0 Å². The summed E-state index contributed by atoms with van der Waals surface area (Å²) >= 11 is 0. The molecule has 15 heavy (non-hydrogen) atoms. The minimum absolute atomic E-state index is 0.0995. The van der Waals surface area contributed by atoms with Crippen molar-refractivity contribution in [2.75, 3.05) is 6.61 Å². The third kappa shape index (κ3) is 5.54. The molecule has 0 aliphatic carbocycles. The molecule has 0 heterocycles. The third-order valence-corrected chi connectivity index (χ3v) is 1.89. The van der Waals surface area contributed by atoms with Crippen molar-refractivity contribution in [3.05, 3.63) is 0 Å². The van der Waals surface area contributed by atoms with Gasteiger partial charge in [-0.2, -0.15) is 0 Å². The Morgan fingerprint density at radius 2 is 2.00 bits per heavy atom. The number of rotatable bonds is 6. The van der Waals surface area contributed by atoms with Crippen LogP contribution in [0.4, 0.5) is 0 Å². The lowest BCUT2D eigenvalue weighted by atomic mass is 9.98. The van der Waals surface area contributed by atoms with Crippen molar-refractivity contribution in [2.24, 2.45) is 5.92 Å². The number of Topliss-reactive ketones (excluding diaryl/α,β-unsaturated/α-hetero) is 1. The first-order valence-corrected chi connectivity index (χ1v) is 4.67. The van der Waals surface area contributed by atoms with Crippen LogP contribution in [0.3, 0.4) is 0 Å². The van der Waals surface area contributed by atoms with Gasteiger partial charge in [0.05, 0.1) is 0 Å². The van der Waals surface area contributed by atoms with Gasteiger partial charge in [-0.15, -0.1) is 18.8 Å². The molecule has 3 heteroatoms. The average molecular weight is 206 g/mol. The lowest BCUT2D eigenvalue weighted by Gasteiger charge is -2.10. The number of esters is 1. The van der Waals surface area contributed by atoms with Crippen molar-refractivity contribution < 1.29 is 14.3 Å². The predicted octanol–water partition coefficient (Wildman–Crippen LogP) is 1.17. The zero-order valence-electron chi connectivity index (χ0n) is 8.79. The molecule has 1 atom stereocenters. The van der Waals surface area contributed by atoms with Gasteiger partial charge in [-0.05, 0) is 19.8 Å². The van der Waals surface area contributed by atoms with E-state index in [0.717, 1.165) is 0 Å². The van der Waals surface area contributed by atoms with E-state index in [4.69, 9.17) is 17.6 Å². The first-order chi connectivity index (χ1) is 7.13. The summed E-state index contributed by atoms with van der Waals surface area (Å²) in [7, 11) is 0. The lowest BCUT2D eigenvalue weighted by Crippen LogP contribution is -2.24. The largest absolute Gasteiger partial charge is 0.452 e. The van der Waals surface area contributed by atoms with Crippen LogP contribution < -0.4 is 0 Å². The molecule has 1 unspecified atom stereocenters. The van der Waals surface area contributed by atoms with Crippen molar-refractivity contribution >= 4 is 11.8 Å². The van der Waals surface area contributed by atoms with Crippen molar-refractivity contribution in [1.29, 1.82) is 0 Å². The van der Waals surface area contributed by atoms with Crippen molar-refractivity contribution in [3.63, 3.8) is 0 Å². The summed E-state index contributed by atoms with van der Waals surface area (Å²) in [5, 5.41) is 0. The molecule has 0 saturated carbocycles. The number of ketones is 1. The summed E-state index contributed by atoms with van der Waals surface area (Å²) in [6.07, 6.45) is 11.6. The van der Waals surface area contributed by atoms with Crippen molar-refractivity contribution in [1.82, 2.24) is 0 Å². The van der Waals surface area contributed by atoms with E-state index in [-0.39, 0.29) is 12.4 Å². The highest BCUT2D eigenvalue weighted by Crippen LogP contribution is 2.11. The molecule has 0 aliphatic heterocycles. The van der Waals surface area contributed by atoms with Crippen LogP contribution in [-0.4, -0.2) is 18.4 Å². The summed E-state index contributed by atoms with van der Waals surface area (Å²) in [5.41, 5.74) is 0. The maximum atomic E-state index is 11.3. The first-order valence-electron chi connectivity index (χ1n) is 4.67. The van der Waals surface area contributed by atoms with E-state index < -0.39 is 11.9 Å². The Morgan fingerprint density at radius 1 is 1.33 bits per heavy atom. The summed E-state index contributed by atoms with van der Waals surface area (Å²) in [4.78, 5) is 22.5. The third-order valence-electron chi connectivity index (χ3n) is 1.89. The number of carbonyl (C=O) groups is 2. The van der Waals surface area contributed by atoms with Crippen LogP contribution in [-0.2, 0) is 14.3 Å². The van der Waals surface area contributed by atoms with Crippen LogP contribution in [0.1, 0.15) is 26.2 Å². The van der Waals surface area contributed by atoms with Crippen LogP contribution in [0.2, 0.25) is 0 Å². The Morgan fingerprint density at radius 3 is 2.47 bits per heavy atom. The van der Waals surface area contributed by atoms with E-state index in [0.29, 0.717) is 19.3 Å². The maximum absolute atomic E-state index is 11.3. The molecule has 0 amide bonds. The van der Waals surface area contributed by atoms with Crippen LogP contribution in [0, 0.1) is 30.6 Å². The second-order valence-corrected chi connectivity index (χ2v) is 3.07. The molecule has 0 aliphatic rings. The highest BCUT2D eigenvalue weighted by molar-refractivity contribution is 5.97. The Labute approximate surface area is 90.2 Å². The standard InChI is InChI=1S/C12H14O3/c1-4-6-7-8-11(10(3)13)12(14)15-9-5-2/h1-2,11H,6-9H2,3H3. The first kappa shape index (κ1) is 13.3. The SMILES string of the molecule is C#CCCCC(C(C)=O)C(=O)OCC#C. The molecule has 0 bridgehead atoms. The maximum Gasteiger partial charge on any atom is 0.317 e. The van der Waals surface area contributed by atoms with Crippen molar-refractivity contribution in [3.8, 4) is 24.7 Å². The van der Waals surface area contributed by atoms with Gasteiger partial charge in [0.2, 0.25) is 0 Å². The normalized spacial score (nSPS) is 10.9. The van der Waals surface area contributed by atoms with Gasteiger partial charge < -0.3 is 4.74 Å². The van der Waals surface area contributed by atoms with E-state index in [9.17, 15) is 9.59 Å². The summed E-state index contributed by atoms with van der Waals surface area (Å²) < 4.78 is 4.70. The molecule has 0 spiro atoms. The van der Waals surface area contributed by atoms with Gasteiger partial charge in [-0.3, -0.25) is 9.59 Å². The molecule has 0 radical (unpaired) electrons. The predicted molar refractivity (Wildman–Crippen MR) is 56.6 cm³/mol. The topological polar surface area (TPSA) is 43.4 Å². The Hall–Kier alpha value is -1.74. The number of terminal acetylenes is 2. The minimum atomic E-state index is -0.730. The Bertz CT molecular complexity index is 304. The Kier molecular flexibility index (Phi) is 6.76. The smallest absolute Gasteiger partial charge is 0.317 e. The number of ether oxygens (including phenoxy) is 1. The molecule has 0 rings (SSSR count). The molecule has 0 aromatic rings. The number of hydrogen-bond donors (Lipinski definition) is 0. The molecular formula is C12H14O3. The summed E-state index contributed by atoms with van der Waals surface area (Å²) in [5.74, 6) is 3.12. The molecule has 0 aromatic carbocycles. The zero-order valence-corrected chi connectivity index (χ0v) is 8.79. The molecule has 0 fully saturated rings. The van der Waals surface area contributed by atoms with E-state index >= 15 is 0 Å². The summed E-state index contributed by atoms with van der Waals surface area (Å²) in [6, 6.07) is 0. The van der Waals surface area contributed by atoms with E-state index in [1.54, 1.807) is 0 Å². The monoisotopic (exact) mass is 206 g/mol. The van der Waals surface area contributed by atoms with E-state index in [1.165, 1.54) is 6.92 Å². The fourth-order valence-corrected chi connectivity index (χ4v) is 1.11. The molecule has 0 saturated heterocycles. The zero-order chi connectivity index (χ0) is 11.7. The van der Waals surface area contributed by atoms with E-state index in [1.807, 2.05) is 0 Å². The molecule has 80 valence electrons. The fourth-order valence-electron chi connectivity index (χ4n) is 1.11. The molecular weight excluding hydrogens is 192 g/mol.